The Labute approximate surface area is 207 Å². The van der Waals surface area contributed by atoms with Crippen LogP contribution in [0.4, 0.5) is 0 Å². The third-order valence-electron chi connectivity index (χ3n) is 13.6. The second-order valence-corrected chi connectivity index (χ2v) is 14.3. The maximum absolute atomic E-state index is 12.8. The molecule has 2 N–H and O–H groups in total. The van der Waals surface area contributed by atoms with Crippen molar-refractivity contribution in [2.24, 2.45) is 56.7 Å². The Hall–Kier alpha value is -1.09. The van der Waals surface area contributed by atoms with Crippen molar-refractivity contribution in [3.05, 3.63) is 24.3 Å². The predicted molar refractivity (Wildman–Crippen MR) is 137 cm³/mol. The summed E-state index contributed by atoms with van der Waals surface area (Å²) in [4.78, 5) is 12.8. The number of aliphatic hydroxyl groups excluding tert-OH is 1. The number of carboxylic acids is 1. The highest BCUT2D eigenvalue weighted by molar-refractivity contribution is 5.76. The van der Waals surface area contributed by atoms with E-state index in [0.29, 0.717) is 23.7 Å². The van der Waals surface area contributed by atoms with E-state index in [0.717, 1.165) is 44.9 Å². The zero-order chi connectivity index (χ0) is 24.9. The van der Waals surface area contributed by atoms with E-state index in [9.17, 15) is 15.0 Å². The summed E-state index contributed by atoms with van der Waals surface area (Å²) in [6.45, 7) is 21.1. The van der Waals surface area contributed by atoms with Crippen LogP contribution < -0.4 is 0 Å². The summed E-state index contributed by atoms with van der Waals surface area (Å²) in [6.07, 6.45) is 10.6. The number of fused-ring (bicyclic) bond motifs is 7. The molecule has 5 fully saturated rings. The van der Waals surface area contributed by atoms with Crippen LogP contribution in [0.5, 0.6) is 0 Å². The average molecular weight is 469 g/mol. The number of aliphatic hydroxyl groups is 1. The van der Waals surface area contributed by atoms with Gasteiger partial charge >= 0.3 is 5.97 Å². The molecule has 34 heavy (non-hydrogen) atoms. The lowest BCUT2D eigenvalue weighted by Gasteiger charge is -2.72. The highest BCUT2D eigenvalue weighted by atomic mass is 16.4. The molecule has 0 spiro atoms. The molecule has 5 rings (SSSR count). The van der Waals surface area contributed by atoms with E-state index in [1.54, 1.807) is 0 Å². The summed E-state index contributed by atoms with van der Waals surface area (Å²) in [7, 11) is 0. The number of hydrogen-bond acceptors (Lipinski definition) is 2. The number of allylic oxidation sites excluding steroid dienone is 1. The molecule has 4 unspecified atom stereocenters. The molecule has 5 aliphatic carbocycles. The molecule has 0 radical (unpaired) electrons. The second kappa shape index (κ2) is 7.46. The van der Waals surface area contributed by atoms with Gasteiger partial charge in [0, 0.05) is 5.41 Å². The fraction of sp³-hybridized carbons (Fsp3) is 0.839. The molecule has 0 aromatic heterocycles. The summed E-state index contributed by atoms with van der Waals surface area (Å²) < 4.78 is 0. The van der Waals surface area contributed by atoms with Gasteiger partial charge in [0.2, 0.25) is 0 Å². The number of carbonyl (C=O) groups is 1. The van der Waals surface area contributed by atoms with E-state index >= 15 is 0 Å². The minimum absolute atomic E-state index is 0.162. The van der Waals surface area contributed by atoms with E-state index in [-0.39, 0.29) is 34.2 Å². The summed E-state index contributed by atoms with van der Waals surface area (Å²) in [5, 5.41) is 21.0. The average Bonchev–Trinajstić information content (AvgIpc) is 3.18. The van der Waals surface area contributed by atoms with Gasteiger partial charge in [-0.3, -0.25) is 4.79 Å². The van der Waals surface area contributed by atoms with Gasteiger partial charge in [-0.25, -0.2) is 0 Å². The maximum atomic E-state index is 12.8. The van der Waals surface area contributed by atoms with Gasteiger partial charge in [0.15, 0.2) is 0 Å². The normalized spacial score (nSPS) is 54.4. The van der Waals surface area contributed by atoms with E-state index in [1.165, 1.54) is 30.4 Å². The molecule has 0 heterocycles. The van der Waals surface area contributed by atoms with Gasteiger partial charge in [-0.1, -0.05) is 52.0 Å². The van der Waals surface area contributed by atoms with Crippen LogP contribution in [0.1, 0.15) is 98.8 Å². The lowest BCUT2D eigenvalue weighted by Crippen LogP contribution is -2.66. The van der Waals surface area contributed by atoms with Crippen LogP contribution in [-0.2, 0) is 4.79 Å². The van der Waals surface area contributed by atoms with Crippen molar-refractivity contribution in [3.8, 4) is 0 Å². The molecule has 10 atom stereocenters. The Morgan fingerprint density at radius 2 is 1.65 bits per heavy atom. The largest absolute Gasteiger partial charge is 0.481 e. The predicted octanol–water partition coefficient (Wildman–Crippen LogP) is 7.26. The van der Waals surface area contributed by atoms with Crippen molar-refractivity contribution in [2.45, 2.75) is 98.8 Å². The first-order chi connectivity index (χ1) is 15.8. The fourth-order valence-corrected chi connectivity index (χ4v) is 11.4. The lowest BCUT2D eigenvalue weighted by atomic mass is 9.32. The van der Waals surface area contributed by atoms with Crippen LogP contribution in [0, 0.1) is 56.7 Å². The van der Waals surface area contributed by atoms with Gasteiger partial charge in [0.25, 0.3) is 0 Å². The molecule has 0 amide bonds. The molecule has 3 nitrogen and oxygen atoms in total. The van der Waals surface area contributed by atoms with Crippen LogP contribution in [-0.4, -0.2) is 22.8 Å². The Bertz CT molecular complexity index is 922. The number of rotatable bonds is 3. The molecule has 0 aromatic rings. The third kappa shape index (κ3) is 2.72. The topological polar surface area (TPSA) is 57.5 Å². The van der Waals surface area contributed by atoms with Crippen molar-refractivity contribution in [1.29, 1.82) is 0 Å². The fourth-order valence-electron chi connectivity index (χ4n) is 11.4. The summed E-state index contributed by atoms with van der Waals surface area (Å²) in [6, 6.07) is 0. The number of hydrogen-bond donors (Lipinski definition) is 2. The molecule has 0 bridgehead atoms. The van der Waals surface area contributed by atoms with Gasteiger partial charge in [-0.15, -0.1) is 0 Å². The van der Waals surface area contributed by atoms with Gasteiger partial charge < -0.3 is 10.2 Å². The zero-order valence-corrected chi connectivity index (χ0v) is 22.4. The SMILES string of the molecule is C=C(C)[C@@H]1CC[C@]2(C(=O)O)CC[C@]3(C)C(CCC4[C@@]5(C)CCC(=C)[C@@](C)(CO)C5CC[C@]43C)C12. The molecule has 5 aliphatic rings. The monoisotopic (exact) mass is 468 g/mol. The summed E-state index contributed by atoms with van der Waals surface area (Å²) in [5.41, 5.74) is 2.32. The van der Waals surface area contributed by atoms with Gasteiger partial charge in [0.05, 0.1) is 12.0 Å². The van der Waals surface area contributed by atoms with Crippen LogP contribution in [0.3, 0.4) is 0 Å². The zero-order valence-electron chi connectivity index (χ0n) is 22.4. The number of aliphatic carboxylic acids is 1. The molecule has 3 heteroatoms. The quantitative estimate of drug-likeness (QED) is 0.429. The van der Waals surface area contributed by atoms with Crippen molar-refractivity contribution in [3.63, 3.8) is 0 Å². The first-order valence-electron chi connectivity index (χ1n) is 14.0. The highest BCUT2D eigenvalue weighted by Crippen LogP contribution is 2.77. The van der Waals surface area contributed by atoms with Crippen LogP contribution in [0.15, 0.2) is 24.3 Å². The van der Waals surface area contributed by atoms with E-state index in [4.69, 9.17) is 0 Å². The lowest BCUT2D eigenvalue weighted by molar-refractivity contribution is -0.235. The van der Waals surface area contributed by atoms with Gasteiger partial charge in [0.1, 0.15) is 0 Å². The second-order valence-electron chi connectivity index (χ2n) is 14.3. The molecular weight excluding hydrogens is 420 g/mol. The number of carboxylic acid groups (broad SMARTS) is 1. The summed E-state index contributed by atoms with van der Waals surface area (Å²) >= 11 is 0. The Morgan fingerprint density at radius 3 is 2.26 bits per heavy atom. The molecule has 0 aromatic carbocycles. The third-order valence-corrected chi connectivity index (χ3v) is 13.6. The standard InChI is InChI=1S/C31H48O3/c1-19(2)21-11-15-31(26(33)34)17-16-29(6)22(25(21)31)8-9-24-27(4)13-10-20(3)28(5,18-32)23(27)12-14-30(24,29)7/h21-25,32H,1,3,8-18H2,2,4-7H3,(H,33,34)/t21-,22?,23?,24?,25?,27-,28+,29+,30+,31-/m0/s1. The minimum atomic E-state index is -0.546. The molecule has 0 aliphatic heterocycles. The molecule has 5 saturated carbocycles. The minimum Gasteiger partial charge on any atom is -0.481 e. The van der Waals surface area contributed by atoms with Crippen molar-refractivity contribution < 1.29 is 15.0 Å². The van der Waals surface area contributed by atoms with Gasteiger partial charge in [-0.2, -0.15) is 0 Å². The van der Waals surface area contributed by atoms with Crippen molar-refractivity contribution in [1.82, 2.24) is 0 Å². The molecule has 190 valence electrons. The smallest absolute Gasteiger partial charge is 0.309 e. The maximum Gasteiger partial charge on any atom is 0.309 e. The van der Waals surface area contributed by atoms with Crippen LogP contribution in [0.2, 0.25) is 0 Å². The Morgan fingerprint density at radius 1 is 0.941 bits per heavy atom. The first kappa shape index (κ1) is 24.6. The Balaban J connectivity index is 1.57. The highest BCUT2D eigenvalue weighted by Gasteiger charge is 2.71. The van der Waals surface area contributed by atoms with E-state index in [2.05, 4.69) is 47.8 Å². The van der Waals surface area contributed by atoms with E-state index in [1.807, 2.05) is 0 Å². The first-order valence-corrected chi connectivity index (χ1v) is 14.0. The summed E-state index contributed by atoms with van der Waals surface area (Å²) in [5.74, 6) is 1.62. The van der Waals surface area contributed by atoms with Crippen LogP contribution >= 0.6 is 0 Å². The van der Waals surface area contributed by atoms with Gasteiger partial charge in [-0.05, 0) is 117 Å². The van der Waals surface area contributed by atoms with Crippen LogP contribution in [0.25, 0.3) is 0 Å². The molecule has 0 saturated heterocycles. The molecular formula is C31H48O3. The van der Waals surface area contributed by atoms with Crippen molar-refractivity contribution in [2.75, 3.05) is 6.61 Å². The van der Waals surface area contributed by atoms with E-state index < -0.39 is 11.4 Å². The Kier molecular flexibility index (Phi) is 5.40. The van der Waals surface area contributed by atoms with Crippen molar-refractivity contribution >= 4 is 5.97 Å².